The van der Waals surface area contributed by atoms with E-state index in [9.17, 15) is 18.0 Å². The summed E-state index contributed by atoms with van der Waals surface area (Å²) in [5.41, 5.74) is 0.689. The summed E-state index contributed by atoms with van der Waals surface area (Å²) in [6.45, 7) is 5.52. The summed E-state index contributed by atoms with van der Waals surface area (Å²) in [5.74, 6) is -0.634. The average molecular weight is 559 g/mol. The van der Waals surface area contributed by atoms with Crippen LogP contribution in [0.15, 0.2) is 42.5 Å². The second-order valence-electron chi connectivity index (χ2n) is 8.21. The lowest BCUT2D eigenvalue weighted by Crippen LogP contribution is -2.51. The molecule has 11 heteroatoms. The second-order valence-corrected chi connectivity index (χ2v) is 10.9. The quantitative estimate of drug-likeness (QED) is 0.366. The van der Waals surface area contributed by atoms with Crippen molar-refractivity contribution in [3.63, 3.8) is 0 Å². The van der Waals surface area contributed by atoms with Crippen LogP contribution in [-0.4, -0.2) is 57.1 Å². The molecule has 0 fully saturated rings. The lowest BCUT2D eigenvalue weighted by atomic mass is 10.1. The predicted molar refractivity (Wildman–Crippen MR) is 144 cm³/mol. The Kier molecular flexibility index (Phi) is 11.3. The SMILES string of the molecule is CCCCNC(=O)[C@@H](C)N(Cc1c(Cl)cccc1Cl)C(=O)CN(c1ccccc1OCC)S(C)(=O)=O. The molecule has 2 aromatic carbocycles. The van der Waals surface area contributed by atoms with Gasteiger partial charge in [-0.05, 0) is 44.5 Å². The molecule has 2 rings (SSSR count). The molecular formula is C25H33Cl2N3O5S. The van der Waals surface area contributed by atoms with Crippen LogP contribution in [0.5, 0.6) is 5.75 Å². The average Bonchev–Trinajstić information content (AvgIpc) is 2.82. The van der Waals surface area contributed by atoms with Crippen LogP contribution in [0.25, 0.3) is 0 Å². The Balaban J connectivity index is 2.45. The van der Waals surface area contributed by atoms with Crippen LogP contribution >= 0.6 is 23.2 Å². The van der Waals surface area contributed by atoms with E-state index < -0.39 is 28.5 Å². The van der Waals surface area contributed by atoms with Gasteiger partial charge in [0.05, 0.1) is 18.6 Å². The number of hydrogen-bond donors (Lipinski definition) is 1. The van der Waals surface area contributed by atoms with Gasteiger partial charge in [-0.15, -0.1) is 0 Å². The third-order valence-corrected chi connectivity index (χ3v) is 7.33. The third kappa shape index (κ3) is 8.01. The highest BCUT2D eigenvalue weighted by atomic mass is 35.5. The minimum Gasteiger partial charge on any atom is -0.492 e. The Hall–Kier alpha value is -2.49. The molecule has 0 aromatic heterocycles. The van der Waals surface area contributed by atoms with E-state index in [1.165, 1.54) is 4.90 Å². The highest BCUT2D eigenvalue weighted by molar-refractivity contribution is 7.92. The molecule has 0 aliphatic heterocycles. The number of hydrogen-bond acceptors (Lipinski definition) is 5. The van der Waals surface area contributed by atoms with Crippen LogP contribution < -0.4 is 14.4 Å². The maximum Gasteiger partial charge on any atom is 0.244 e. The number of rotatable bonds is 13. The van der Waals surface area contributed by atoms with Crippen molar-refractivity contribution < 1.29 is 22.7 Å². The van der Waals surface area contributed by atoms with Crippen molar-refractivity contribution in [3.05, 3.63) is 58.1 Å². The van der Waals surface area contributed by atoms with Crippen LogP contribution in [0.3, 0.4) is 0 Å². The minimum absolute atomic E-state index is 0.0790. The Morgan fingerprint density at radius 2 is 1.69 bits per heavy atom. The molecular weight excluding hydrogens is 525 g/mol. The summed E-state index contributed by atoms with van der Waals surface area (Å²) < 4.78 is 32.1. The summed E-state index contributed by atoms with van der Waals surface area (Å²) in [6, 6.07) is 10.6. The molecule has 36 heavy (non-hydrogen) atoms. The van der Waals surface area contributed by atoms with Gasteiger partial charge < -0.3 is 15.0 Å². The van der Waals surface area contributed by atoms with Crippen LogP contribution in [0.2, 0.25) is 10.0 Å². The number of halogens is 2. The van der Waals surface area contributed by atoms with Crippen LogP contribution in [0.4, 0.5) is 5.69 Å². The predicted octanol–water partition coefficient (Wildman–Crippen LogP) is 4.49. The second kappa shape index (κ2) is 13.7. The molecule has 2 aromatic rings. The number of unbranched alkanes of at least 4 members (excludes halogenated alkanes) is 1. The van der Waals surface area contributed by atoms with Gasteiger partial charge in [-0.3, -0.25) is 13.9 Å². The van der Waals surface area contributed by atoms with E-state index in [0.29, 0.717) is 34.5 Å². The smallest absolute Gasteiger partial charge is 0.244 e. The van der Waals surface area contributed by atoms with Crippen molar-refractivity contribution in [1.29, 1.82) is 0 Å². The number of nitrogens with zero attached hydrogens (tertiary/aromatic N) is 2. The molecule has 1 atom stereocenters. The van der Waals surface area contributed by atoms with Gasteiger partial charge in [0.25, 0.3) is 0 Å². The van der Waals surface area contributed by atoms with E-state index in [2.05, 4.69) is 5.32 Å². The lowest BCUT2D eigenvalue weighted by Gasteiger charge is -2.32. The largest absolute Gasteiger partial charge is 0.492 e. The van der Waals surface area contributed by atoms with Gasteiger partial charge in [-0.2, -0.15) is 0 Å². The van der Waals surface area contributed by atoms with Gasteiger partial charge in [0, 0.05) is 28.7 Å². The number of para-hydroxylation sites is 2. The van der Waals surface area contributed by atoms with Gasteiger partial charge in [0.2, 0.25) is 21.8 Å². The Bertz CT molecular complexity index is 1140. The lowest BCUT2D eigenvalue weighted by molar-refractivity contribution is -0.139. The van der Waals surface area contributed by atoms with E-state index in [0.717, 1.165) is 23.4 Å². The zero-order valence-electron chi connectivity index (χ0n) is 21.0. The molecule has 0 bridgehead atoms. The van der Waals surface area contributed by atoms with E-state index in [1.807, 2.05) is 6.92 Å². The van der Waals surface area contributed by atoms with Crippen molar-refractivity contribution in [2.75, 3.05) is 30.3 Å². The molecule has 0 unspecified atom stereocenters. The van der Waals surface area contributed by atoms with E-state index >= 15 is 0 Å². The number of benzene rings is 2. The van der Waals surface area contributed by atoms with Gasteiger partial charge in [0.1, 0.15) is 18.3 Å². The van der Waals surface area contributed by atoms with E-state index in [1.54, 1.807) is 56.3 Å². The monoisotopic (exact) mass is 557 g/mol. The van der Waals surface area contributed by atoms with Crippen molar-refractivity contribution >= 4 is 50.7 Å². The molecule has 0 radical (unpaired) electrons. The summed E-state index contributed by atoms with van der Waals surface area (Å²) in [5, 5.41) is 3.49. The molecule has 1 N–H and O–H groups in total. The molecule has 8 nitrogen and oxygen atoms in total. The molecule has 0 aliphatic rings. The summed E-state index contributed by atoms with van der Waals surface area (Å²) in [7, 11) is -3.89. The fourth-order valence-electron chi connectivity index (χ4n) is 3.51. The topological polar surface area (TPSA) is 96.0 Å². The molecule has 0 heterocycles. The maximum absolute atomic E-state index is 13.7. The van der Waals surface area contributed by atoms with Crippen molar-refractivity contribution in [2.24, 2.45) is 0 Å². The Morgan fingerprint density at radius 1 is 1.06 bits per heavy atom. The summed E-state index contributed by atoms with van der Waals surface area (Å²) in [6.07, 6.45) is 2.70. The maximum atomic E-state index is 13.7. The zero-order chi connectivity index (χ0) is 26.9. The number of sulfonamides is 1. The number of amides is 2. The highest BCUT2D eigenvalue weighted by Gasteiger charge is 2.31. The first-order chi connectivity index (χ1) is 17.0. The molecule has 198 valence electrons. The van der Waals surface area contributed by atoms with Crippen molar-refractivity contribution in [1.82, 2.24) is 10.2 Å². The molecule has 0 spiro atoms. The van der Waals surface area contributed by atoms with Crippen LogP contribution in [-0.2, 0) is 26.2 Å². The molecule has 2 amide bonds. The number of ether oxygens (including phenoxy) is 1. The fourth-order valence-corrected chi connectivity index (χ4v) is 4.88. The Labute approximate surface area is 223 Å². The summed E-state index contributed by atoms with van der Waals surface area (Å²) >= 11 is 12.7. The minimum atomic E-state index is -3.89. The van der Waals surface area contributed by atoms with E-state index in [4.69, 9.17) is 27.9 Å². The van der Waals surface area contributed by atoms with Gasteiger partial charge in [0.15, 0.2) is 0 Å². The molecule has 0 saturated carbocycles. The van der Waals surface area contributed by atoms with Gasteiger partial charge in [-0.1, -0.05) is 54.7 Å². The van der Waals surface area contributed by atoms with Crippen molar-refractivity contribution in [3.8, 4) is 5.75 Å². The van der Waals surface area contributed by atoms with Gasteiger partial charge in [-0.25, -0.2) is 8.42 Å². The molecule has 0 aliphatic carbocycles. The third-order valence-electron chi connectivity index (χ3n) is 5.50. The normalized spacial score (nSPS) is 12.1. The first kappa shape index (κ1) is 29.7. The Morgan fingerprint density at radius 3 is 2.28 bits per heavy atom. The highest BCUT2D eigenvalue weighted by Crippen LogP contribution is 2.31. The van der Waals surface area contributed by atoms with Crippen LogP contribution in [0, 0.1) is 0 Å². The number of nitrogens with one attached hydrogen (secondary N) is 1. The van der Waals surface area contributed by atoms with Gasteiger partial charge >= 0.3 is 0 Å². The first-order valence-corrected chi connectivity index (χ1v) is 14.3. The van der Waals surface area contributed by atoms with Crippen molar-refractivity contribution in [2.45, 2.75) is 46.2 Å². The van der Waals surface area contributed by atoms with E-state index in [-0.39, 0.29) is 18.1 Å². The number of carbonyl (C=O) groups is 2. The summed E-state index contributed by atoms with van der Waals surface area (Å²) in [4.78, 5) is 27.8. The fraction of sp³-hybridized carbons (Fsp3) is 0.440. The number of anilines is 1. The molecule has 0 saturated heterocycles. The number of carbonyl (C=O) groups excluding carboxylic acids is 2. The van der Waals surface area contributed by atoms with Crippen LogP contribution in [0.1, 0.15) is 39.2 Å². The first-order valence-electron chi connectivity index (χ1n) is 11.7. The zero-order valence-corrected chi connectivity index (χ0v) is 23.3. The standard InChI is InChI=1S/C25H33Cl2N3O5S/c1-5-7-15-28-25(32)18(3)29(16-19-20(26)11-10-12-21(19)27)24(31)17-30(36(4,33)34)22-13-8-9-14-23(22)35-6-2/h8-14,18H,5-7,15-17H2,1-4H3,(H,28,32)/t18-/m1/s1.